The number of aromatic amines is 1. The van der Waals surface area contributed by atoms with E-state index in [1.807, 2.05) is 13.8 Å². The minimum atomic E-state index is -5.11. The van der Waals surface area contributed by atoms with Gasteiger partial charge in [-0.15, -0.1) is 0 Å². The second-order valence-corrected chi connectivity index (χ2v) is 14.4. The van der Waals surface area contributed by atoms with E-state index >= 15 is 0 Å². The molecule has 22 nitrogen and oxygen atoms in total. The zero-order valence-corrected chi connectivity index (χ0v) is 30.1. The van der Waals surface area contributed by atoms with Crippen molar-refractivity contribution in [2.45, 2.75) is 100 Å². The third-order valence-electron chi connectivity index (χ3n) is 8.84. The molecule has 1 saturated heterocycles. The lowest BCUT2D eigenvalue weighted by atomic mass is 9.98. The Bertz CT molecular complexity index is 1750. The summed E-state index contributed by atoms with van der Waals surface area (Å²) in [6.07, 6.45) is -14.9. The standard InChI is InChI=1S/C31H45N6O16P/c1-13(22-14(2)34-27-23(37(22)3)28(45)36-31(32)35-27)33-16-6-4-15(5-7-16)10-17(38)24(42)18(39)11-50-30-26(44)25(43)20(52-30)12-51-54(48,49)53-19(29(46)47)8-9-21(40)41/h4-7,13-14,17-20,22,24-26,30,33,38-39,42-44H,3,8-12H2,1-2H3,(H6-,32,34,35,36,40,41,45,46,47,48,49)/p+1/t13-,14?,17+,18-,19+,20-,22?,24+,25-,26-,30+/m1/s1. The summed E-state index contributed by atoms with van der Waals surface area (Å²) in [5, 5.41) is 76.7. The molecular formula is C31H46N6O16P+. The summed E-state index contributed by atoms with van der Waals surface area (Å²) < 4.78 is 33.6. The second kappa shape index (κ2) is 18.0. The second-order valence-electron chi connectivity index (χ2n) is 13.0. The Morgan fingerprint density at radius 3 is 2.44 bits per heavy atom. The van der Waals surface area contributed by atoms with Crippen LogP contribution in [0, 0.1) is 0 Å². The number of aliphatic hydroxyl groups is 5. The van der Waals surface area contributed by atoms with E-state index in [2.05, 4.69) is 36.4 Å². The highest BCUT2D eigenvalue weighted by molar-refractivity contribution is 7.47. The van der Waals surface area contributed by atoms with Crippen molar-refractivity contribution in [3.8, 4) is 0 Å². The van der Waals surface area contributed by atoms with Gasteiger partial charge in [-0.05, 0) is 38.0 Å². The Labute approximate surface area is 307 Å². The number of carbonyl (C=O) groups is 2. The summed E-state index contributed by atoms with van der Waals surface area (Å²) in [6, 6.07) is 6.21. The monoisotopic (exact) mass is 789 g/mol. The van der Waals surface area contributed by atoms with Crippen LogP contribution < -0.4 is 21.9 Å². The van der Waals surface area contributed by atoms with E-state index < -0.39 is 100 Å². The number of nitrogens with one attached hydrogen (secondary N) is 3. The number of fused-ring (bicyclic) bond motifs is 1. The molecule has 0 saturated carbocycles. The molecule has 1 fully saturated rings. The Kier molecular flexibility index (Phi) is 14.3. The van der Waals surface area contributed by atoms with Crippen LogP contribution in [-0.4, -0.2) is 154 Å². The zero-order valence-electron chi connectivity index (χ0n) is 29.2. The molecule has 3 heterocycles. The molecule has 0 spiro atoms. The smallest absolute Gasteiger partial charge is 0.473 e. The number of carboxylic acids is 2. The number of aliphatic carboxylic acids is 2. The highest BCUT2D eigenvalue weighted by Crippen LogP contribution is 2.46. The van der Waals surface area contributed by atoms with Crippen LogP contribution in [0.5, 0.6) is 0 Å². The van der Waals surface area contributed by atoms with Crippen molar-refractivity contribution in [2.75, 3.05) is 29.6 Å². The average Bonchev–Trinajstić information content (AvgIpc) is 3.35. The number of hydrogen-bond donors (Lipinski definition) is 12. The van der Waals surface area contributed by atoms with Crippen LogP contribution >= 0.6 is 7.82 Å². The van der Waals surface area contributed by atoms with Crippen molar-refractivity contribution >= 4 is 49.6 Å². The number of phosphoric acid groups is 1. The first kappa shape index (κ1) is 42.7. The number of aromatic nitrogens is 2. The van der Waals surface area contributed by atoms with Gasteiger partial charge in [-0.2, -0.15) is 9.56 Å². The molecule has 0 bridgehead atoms. The number of phosphoric ester groups is 1. The third kappa shape index (κ3) is 10.8. The lowest BCUT2D eigenvalue weighted by Crippen LogP contribution is -2.52. The van der Waals surface area contributed by atoms with E-state index in [4.69, 9.17) is 25.4 Å². The zero-order chi connectivity index (χ0) is 40.1. The van der Waals surface area contributed by atoms with E-state index in [1.165, 1.54) is 0 Å². The number of benzene rings is 1. The first-order valence-electron chi connectivity index (χ1n) is 16.7. The van der Waals surface area contributed by atoms with E-state index in [-0.39, 0.29) is 36.2 Å². The predicted octanol–water partition coefficient (Wildman–Crippen LogP) is -2.08. The fourth-order valence-electron chi connectivity index (χ4n) is 6.10. The van der Waals surface area contributed by atoms with E-state index in [1.54, 1.807) is 28.8 Å². The van der Waals surface area contributed by atoms with Crippen LogP contribution in [-0.2, 0) is 39.1 Å². The predicted molar refractivity (Wildman–Crippen MR) is 186 cm³/mol. The van der Waals surface area contributed by atoms with E-state index in [0.29, 0.717) is 17.1 Å². The minimum absolute atomic E-state index is 0.0174. The minimum Gasteiger partial charge on any atom is -0.481 e. The molecule has 13 N–H and O–H groups in total. The number of nitrogens with two attached hydrogens (primary N) is 1. The van der Waals surface area contributed by atoms with Gasteiger partial charge in [0.2, 0.25) is 11.8 Å². The quantitative estimate of drug-likeness (QED) is 0.0537. The fourth-order valence-corrected chi connectivity index (χ4v) is 7.01. The summed E-state index contributed by atoms with van der Waals surface area (Å²) in [6.45, 7) is 6.32. The molecule has 0 amide bonds. The van der Waals surface area contributed by atoms with Gasteiger partial charge in [-0.25, -0.2) is 9.36 Å². The maximum Gasteiger partial charge on any atom is 0.473 e. The van der Waals surface area contributed by atoms with Gasteiger partial charge in [0.25, 0.3) is 0 Å². The van der Waals surface area contributed by atoms with Crippen molar-refractivity contribution in [2.24, 2.45) is 0 Å². The summed E-state index contributed by atoms with van der Waals surface area (Å²) in [7, 11) is -5.11. The number of ether oxygens (including phenoxy) is 2. The number of H-pyrrole nitrogens is 1. The van der Waals surface area contributed by atoms with Gasteiger partial charge in [0, 0.05) is 18.5 Å². The molecule has 1 aromatic heterocycles. The van der Waals surface area contributed by atoms with Crippen LogP contribution in [0.25, 0.3) is 0 Å². The van der Waals surface area contributed by atoms with Gasteiger partial charge in [0.1, 0.15) is 37.2 Å². The maximum atomic E-state index is 12.5. The van der Waals surface area contributed by atoms with Crippen molar-refractivity contribution in [1.82, 2.24) is 9.97 Å². The average molecular weight is 790 g/mol. The fraction of sp³-hybridized carbons (Fsp3) is 0.581. The summed E-state index contributed by atoms with van der Waals surface area (Å²) in [5.41, 5.74) is 6.81. The molecule has 2 aliphatic heterocycles. The summed E-state index contributed by atoms with van der Waals surface area (Å²) in [5.74, 6) is -2.77. The molecule has 300 valence electrons. The Balaban J connectivity index is 1.24. The van der Waals surface area contributed by atoms with Gasteiger partial charge in [0.05, 0.1) is 31.4 Å². The van der Waals surface area contributed by atoms with Crippen LogP contribution in [0.2, 0.25) is 0 Å². The summed E-state index contributed by atoms with van der Waals surface area (Å²) in [4.78, 5) is 51.0. The van der Waals surface area contributed by atoms with Gasteiger partial charge < -0.3 is 66.5 Å². The number of rotatable bonds is 19. The molecule has 4 rings (SSSR count). The summed E-state index contributed by atoms with van der Waals surface area (Å²) >= 11 is 0. The SMILES string of the molecule is C=[N+]1c2c(nc(N)[nH]c2=O)NC(C)C1[C@@H](C)Nc1ccc(C[C@H](O)[C@H](O)[C@H](O)CO[C@H]2O[C@H](COP(=O)(O)O[C@@H](CCC(=O)O)C(=O)O)[C@@H](O)[C@H]2O)cc1. The van der Waals surface area contributed by atoms with Gasteiger partial charge in [-0.1, -0.05) is 12.1 Å². The first-order valence-corrected chi connectivity index (χ1v) is 18.2. The van der Waals surface area contributed by atoms with Crippen molar-refractivity contribution in [1.29, 1.82) is 0 Å². The number of nitrogen functional groups attached to an aromatic ring is 1. The van der Waals surface area contributed by atoms with Crippen molar-refractivity contribution in [3.05, 3.63) is 40.2 Å². The van der Waals surface area contributed by atoms with Gasteiger partial charge in [0.15, 0.2) is 18.4 Å². The van der Waals surface area contributed by atoms with Crippen LogP contribution in [0.1, 0.15) is 32.3 Å². The normalized spacial score (nSPS) is 26.4. The molecular weight excluding hydrogens is 743 g/mol. The van der Waals surface area contributed by atoms with Crippen LogP contribution in [0.15, 0.2) is 29.1 Å². The number of aliphatic hydroxyl groups excluding tert-OH is 5. The topological polar surface area (TPSA) is 349 Å². The number of anilines is 3. The number of hydrogen-bond acceptors (Lipinski definition) is 17. The molecule has 0 radical (unpaired) electrons. The first-order chi connectivity index (χ1) is 25.3. The van der Waals surface area contributed by atoms with Gasteiger partial charge in [-0.3, -0.25) is 23.6 Å². The molecule has 2 aromatic rings. The Morgan fingerprint density at radius 2 is 1.81 bits per heavy atom. The molecule has 1 aromatic carbocycles. The molecule has 12 atom stereocenters. The lowest BCUT2D eigenvalue weighted by Gasteiger charge is -2.32. The van der Waals surface area contributed by atoms with Crippen molar-refractivity contribution < 1.29 is 77.9 Å². The Morgan fingerprint density at radius 1 is 1.15 bits per heavy atom. The van der Waals surface area contributed by atoms with Crippen LogP contribution in [0.3, 0.4) is 0 Å². The molecule has 2 aliphatic rings. The van der Waals surface area contributed by atoms with Gasteiger partial charge >= 0.3 is 31.0 Å². The lowest BCUT2D eigenvalue weighted by molar-refractivity contribution is -0.484. The molecule has 23 heteroatoms. The largest absolute Gasteiger partial charge is 0.481 e. The Hall–Kier alpha value is -4.06. The maximum absolute atomic E-state index is 12.5. The van der Waals surface area contributed by atoms with E-state index in [0.717, 1.165) is 0 Å². The molecule has 0 aliphatic carbocycles. The number of nitrogens with zero attached hydrogens (tertiary/aromatic N) is 2. The molecule has 3 unspecified atom stereocenters. The number of carboxylic acid groups (broad SMARTS) is 2. The van der Waals surface area contributed by atoms with Crippen LogP contribution in [0.4, 0.5) is 23.1 Å². The molecule has 54 heavy (non-hydrogen) atoms. The van der Waals surface area contributed by atoms with E-state index in [9.17, 15) is 49.4 Å². The van der Waals surface area contributed by atoms with Crippen molar-refractivity contribution in [3.63, 3.8) is 0 Å². The third-order valence-corrected chi connectivity index (χ3v) is 9.84. The highest BCUT2D eigenvalue weighted by atomic mass is 31.2. The highest BCUT2D eigenvalue weighted by Gasteiger charge is 2.46.